The predicted molar refractivity (Wildman–Crippen MR) is 105 cm³/mol. The lowest BCUT2D eigenvalue weighted by molar-refractivity contribution is -0.145. The number of thioether (sulfide) groups is 1. The first-order chi connectivity index (χ1) is 13.9. The Morgan fingerprint density at radius 1 is 1.28 bits per heavy atom. The zero-order chi connectivity index (χ0) is 20.6. The lowest BCUT2D eigenvalue weighted by atomic mass is 10.1. The molecule has 3 aromatic rings. The van der Waals surface area contributed by atoms with Crippen molar-refractivity contribution >= 4 is 44.9 Å². The number of carbonyl (C=O) groups is 1. The van der Waals surface area contributed by atoms with Crippen LogP contribution in [0.3, 0.4) is 0 Å². The lowest BCUT2D eigenvalue weighted by Gasteiger charge is -2.10. The van der Waals surface area contributed by atoms with Gasteiger partial charge in [-0.3, -0.25) is 4.79 Å². The van der Waals surface area contributed by atoms with Crippen molar-refractivity contribution in [1.82, 2.24) is 9.97 Å². The molecule has 5 nitrogen and oxygen atoms in total. The number of fused-ring (bicyclic) bond motifs is 2. The van der Waals surface area contributed by atoms with Crippen LogP contribution in [0.25, 0.3) is 10.9 Å². The summed E-state index contributed by atoms with van der Waals surface area (Å²) in [6.07, 6.45) is -1.96. The van der Waals surface area contributed by atoms with Crippen molar-refractivity contribution in [2.24, 2.45) is 0 Å². The molecule has 4 rings (SSSR count). The number of benzene rings is 1. The zero-order valence-electron chi connectivity index (χ0n) is 14.8. The molecule has 0 spiro atoms. The number of nitrogens with zero attached hydrogens (tertiary/aromatic N) is 3. The Hall–Kier alpha value is -2.64. The molecule has 1 amide bonds. The molecule has 1 aromatic carbocycles. The van der Waals surface area contributed by atoms with Gasteiger partial charge in [-0.2, -0.15) is 18.4 Å². The van der Waals surface area contributed by atoms with Gasteiger partial charge in [0.15, 0.2) is 0 Å². The molecule has 2 aromatic heterocycles. The molecular weight excluding hydrogens is 421 g/mol. The van der Waals surface area contributed by atoms with E-state index < -0.39 is 17.9 Å². The van der Waals surface area contributed by atoms with E-state index in [1.807, 2.05) is 0 Å². The number of hydrogen-bond acceptors (Lipinski definition) is 6. The van der Waals surface area contributed by atoms with E-state index in [1.165, 1.54) is 17.4 Å². The van der Waals surface area contributed by atoms with Gasteiger partial charge in [-0.05, 0) is 30.9 Å². The van der Waals surface area contributed by atoms with Crippen molar-refractivity contribution in [1.29, 1.82) is 5.26 Å². The van der Waals surface area contributed by atoms with E-state index in [4.69, 9.17) is 0 Å². The number of nitriles is 1. The molecule has 1 aliphatic rings. The second kappa shape index (κ2) is 7.65. The number of rotatable bonds is 4. The average molecular weight is 434 g/mol. The second-order valence-corrected chi connectivity index (χ2v) is 8.45. The highest BCUT2D eigenvalue weighted by atomic mass is 32.2. The van der Waals surface area contributed by atoms with Crippen LogP contribution in [0.1, 0.15) is 28.2 Å². The standard InChI is InChI=1S/C19H13F3N4OS2/c20-19(21,22)18-24-13-6-2-1-4-11(13)16(26-18)28-9-15(27)25-17-12(8-23)10-5-3-7-14(10)29-17/h1-2,4,6H,3,5,7,9H2,(H,25,27). The third kappa shape index (κ3) is 3.93. The first-order valence-electron chi connectivity index (χ1n) is 8.68. The fraction of sp³-hybridized carbons (Fsp3) is 0.263. The maximum Gasteiger partial charge on any atom is 0.451 e. The van der Waals surface area contributed by atoms with E-state index >= 15 is 0 Å². The summed E-state index contributed by atoms with van der Waals surface area (Å²) in [6.45, 7) is 0. The Morgan fingerprint density at radius 2 is 2.07 bits per heavy atom. The van der Waals surface area contributed by atoms with Crippen LogP contribution in [-0.4, -0.2) is 21.6 Å². The maximum atomic E-state index is 13.1. The second-order valence-electron chi connectivity index (χ2n) is 6.38. The highest BCUT2D eigenvalue weighted by Crippen LogP contribution is 2.39. The molecule has 0 aliphatic heterocycles. The molecule has 1 aliphatic carbocycles. The first-order valence-corrected chi connectivity index (χ1v) is 10.5. The Kier molecular flexibility index (Phi) is 5.19. The summed E-state index contributed by atoms with van der Waals surface area (Å²) in [5.74, 6) is -1.77. The molecule has 0 unspecified atom stereocenters. The highest BCUT2D eigenvalue weighted by molar-refractivity contribution is 8.00. The van der Waals surface area contributed by atoms with Crippen molar-refractivity contribution in [3.05, 3.63) is 46.1 Å². The average Bonchev–Trinajstić information content (AvgIpc) is 3.25. The number of aryl methyl sites for hydroxylation is 1. The van der Waals surface area contributed by atoms with Crippen molar-refractivity contribution < 1.29 is 18.0 Å². The summed E-state index contributed by atoms with van der Waals surface area (Å²) >= 11 is 2.30. The smallest absolute Gasteiger partial charge is 0.316 e. The molecule has 0 fully saturated rings. The van der Waals surface area contributed by atoms with Crippen LogP contribution in [0.5, 0.6) is 0 Å². The van der Waals surface area contributed by atoms with Gasteiger partial charge in [0.05, 0.1) is 16.8 Å². The van der Waals surface area contributed by atoms with Crippen LogP contribution < -0.4 is 5.32 Å². The van der Waals surface area contributed by atoms with E-state index in [0.717, 1.165) is 41.5 Å². The number of hydrogen-bond donors (Lipinski definition) is 1. The van der Waals surface area contributed by atoms with Crippen molar-refractivity contribution in [3.8, 4) is 6.07 Å². The van der Waals surface area contributed by atoms with E-state index in [2.05, 4.69) is 21.4 Å². The molecule has 0 saturated heterocycles. The van der Waals surface area contributed by atoms with Crippen LogP contribution in [-0.2, 0) is 23.8 Å². The Bertz CT molecular complexity index is 1150. The van der Waals surface area contributed by atoms with Crippen LogP contribution in [0.4, 0.5) is 18.2 Å². The van der Waals surface area contributed by atoms with Gasteiger partial charge in [-0.15, -0.1) is 11.3 Å². The van der Waals surface area contributed by atoms with Crippen molar-refractivity contribution in [2.75, 3.05) is 11.1 Å². The number of nitrogens with one attached hydrogen (secondary N) is 1. The first kappa shape index (κ1) is 19.7. The normalized spacial score (nSPS) is 13.3. The van der Waals surface area contributed by atoms with E-state index in [-0.39, 0.29) is 16.3 Å². The molecule has 0 radical (unpaired) electrons. The molecule has 148 valence electrons. The topological polar surface area (TPSA) is 78.7 Å². The lowest BCUT2D eigenvalue weighted by Crippen LogP contribution is -2.15. The number of carbonyl (C=O) groups excluding carboxylic acids is 1. The number of anilines is 1. The molecule has 0 atom stereocenters. The number of halogens is 3. The predicted octanol–water partition coefficient (Wildman–Crippen LogP) is 4.80. The van der Waals surface area contributed by atoms with Crippen LogP contribution in [0, 0.1) is 11.3 Å². The molecular formula is C19H13F3N4OS2. The third-order valence-corrected chi connectivity index (χ3v) is 6.65. The van der Waals surface area contributed by atoms with Gasteiger partial charge in [0.25, 0.3) is 0 Å². The largest absolute Gasteiger partial charge is 0.451 e. The van der Waals surface area contributed by atoms with Gasteiger partial charge < -0.3 is 5.32 Å². The van der Waals surface area contributed by atoms with Crippen LogP contribution in [0.15, 0.2) is 29.3 Å². The summed E-state index contributed by atoms with van der Waals surface area (Å²) in [4.78, 5) is 20.7. The van der Waals surface area contributed by atoms with Gasteiger partial charge in [0, 0.05) is 10.3 Å². The molecule has 29 heavy (non-hydrogen) atoms. The summed E-state index contributed by atoms with van der Waals surface area (Å²) < 4.78 is 39.3. The Balaban J connectivity index is 1.54. The third-order valence-electron chi connectivity index (χ3n) is 4.45. The number of amides is 1. The molecule has 0 saturated carbocycles. The minimum Gasteiger partial charge on any atom is -0.316 e. The highest BCUT2D eigenvalue weighted by Gasteiger charge is 2.35. The maximum absolute atomic E-state index is 13.1. The van der Waals surface area contributed by atoms with Gasteiger partial charge in [-0.1, -0.05) is 30.0 Å². The quantitative estimate of drug-likeness (QED) is 0.471. The Labute approximate surface area is 172 Å². The number of aromatic nitrogens is 2. The van der Waals surface area contributed by atoms with Gasteiger partial charge in [0.1, 0.15) is 16.1 Å². The zero-order valence-corrected chi connectivity index (χ0v) is 16.5. The summed E-state index contributed by atoms with van der Waals surface area (Å²) in [6, 6.07) is 8.51. The van der Waals surface area contributed by atoms with E-state index in [0.29, 0.717) is 16.0 Å². The molecule has 10 heteroatoms. The number of thiophene rings is 1. The number of para-hydroxylation sites is 1. The summed E-state index contributed by atoms with van der Waals surface area (Å²) in [5, 5.41) is 13.2. The minimum atomic E-state index is -4.68. The van der Waals surface area contributed by atoms with Crippen molar-refractivity contribution in [2.45, 2.75) is 30.5 Å². The fourth-order valence-corrected chi connectivity index (χ4v) is 5.27. The van der Waals surface area contributed by atoms with Gasteiger partial charge in [-0.25, -0.2) is 9.97 Å². The van der Waals surface area contributed by atoms with Crippen LogP contribution in [0.2, 0.25) is 0 Å². The Morgan fingerprint density at radius 3 is 2.83 bits per heavy atom. The van der Waals surface area contributed by atoms with E-state index in [9.17, 15) is 23.2 Å². The monoisotopic (exact) mass is 434 g/mol. The van der Waals surface area contributed by atoms with Crippen LogP contribution >= 0.6 is 23.1 Å². The summed E-state index contributed by atoms with van der Waals surface area (Å²) in [7, 11) is 0. The summed E-state index contributed by atoms with van der Waals surface area (Å²) in [5.41, 5.74) is 1.66. The molecule has 0 bridgehead atoms. The number of alkyl halides is 3. The van der Waals surface area contributed by atoms with E-state index in [1.54, 1.807) is 18.2 Å². The minimum absolute atomic E-state index is 0.0901. The van der Waals surface area contributed by atoms with Crippen molar-refractivity contribution in [3.63, 3.8) is 0 Å². The SMILES string of the molecule is N#Cc1c(NC(=O)CSc2nc(C(F)(F)F)nc3ccccc23)sc2c1CCC2. The van der Waals surface area contributed by atoms with Gasteiger partial charge >= 0.3 is 6.18 Å². The van der Waals surface area contributed by atoms with Gasteiger partial charge in [0.2, 0.25) is 11.7 Å². The fourth-order valence-electron chi connectivity index (χ4n) is 3.19. The molecule has 1 N–H and O–H groups in total. The molecule has 2 heterocycles.